The van der Waals surface area contributed by atoms with Crippen molar-refractivity contribution in [3.05, 3.63) is 58.7 Å². The molecule has 128 valence electrons. The number of ether oxygens (including phenoxy) is 2. The lowest BCUT2D eigenvalue weighted by Crippen LogP contribution is -2.13. The van der Waals surface area contributed by atoms with Gasteiger partial charge in [-0.05, 0) is 55.3 Å². The van der Waals surface area contributed by atoms with Gasteiger partial charge in [0.1, 0.15) is 23.1 Å². The molecular weight excluding hydrogens is 316 g/mol. The maximum atomic E-state index is 12.4. The average molecular weight is 336 g/mol. The summed E-state index contributed by atoms with van der Waals surface area (Å²) in [6.45, 7) is 3.90. The van der Waals surface area contributed by atoms with Gasteiger partial charge in [0.05, 0.1) is 14.2 Å². The van der Waals surface area contributed by atoms with Gasteiger partial charge in [-0.15, -0.1) is 0 Å². The molecule has 0 heterocycles. The van der Waals surface area contributed by atoms with Gasteiger partial charge in [-0.25, -0.2) is 0 Å². The predicted molar refractivity (Wildman–Crippen MR) is 97.7 cm³/mol. The van der Waals surface area contributed by atoms with E-state index in [2.05, 4.69) is 5.32 Å². The second kappa shape index (κ2) is 8.02. The zero-order valence-corrected chi connectivity index (χ0v) is 14.7. The highest BCUT2D eigenvalue weighted by Crippen LogP contribution is 2.26. The summed E-state index contributed by atoms with van der Waals surface area (Å²) in [5.41, 5.74) is 3.34. The minimum Gasteiger partial charge on any atom is -0.497 e. The van der Waals surface area contributed by atoms with Crippen LogP contribution >= 0.6 is 0 Å². The molecule has 5 nitrogen and oxygen atoms in total. The van der Waals surface area contributed by atoms with E-state index < -0.39 is 5.91 Å². The molecule has 2 aromatic rings. The predicted octanol–water partition coefficient (Wildman–Crippen LogP) is 3.87. The SMILES string of the molecule is COc1ccc(/C=C(\C#N)C(=O)Nc2cc(C)cc(C)c2)c(OC)c1. The lowest BCUT2D eigenvalue weighted by molar-refractivity contribution is -0.112. The molecular formula is C20H20N2O3. The van der Waals surface area contributed by atoms with Crippen molar-refractivity contribution in [1.82, 2.24) is 0 Å². The van der Waals surface area contributed by atoms with Gasteiger partial charge in [-0.2, -0.15) is 5.26 Å². The lowest BCUT2D eigenvalue weighted by atomic mass is 10.1. The molecule has 0 aliphatic heterocycles. The van der Waals surface area contributed by atoms with Crippen LogP contribution in [0.3, 0.4) is 0 Å². The number of nitrogens with one attached hydrogen (secondary N) is 1. The van der Waals surface area contributed by atoms with Gasteiger partial charge in [0.2, 0.25) is 0 Å². The first-order valence-corrected chi connectivity index (χ1v) is 7.70. The highest BCUT2D eigenvalue weighted by atomic mass is 16.5. The molecule has 0 unspecified atom stereocenters. The number of carbonyl (C=O) groups excluding carboxylic acids is 1. The summed E-state index contributed by atoms with van der Waals surface area (Å²) in [7, 11) is 3.08. The Morgan fingerprint density at radius 3 is 2.32 bits per heavy atom. The fraction of sp³-hybridized carbons (Fsp3) is 0.200. The number of anilines is 1. The molecule has 0 aromatic heterocycles. The number of hydrogen-bond acceptors (Lipinski definition) is 4. The molecule has 0 aliphatic rings. The molecule has 0 aliphatic carbocycles. The maximum absolute atomic E-state index is 12.4. The number of hydrogen-bond donors (Lipinski definition) is 1. The molecule has 5 heteroatoms. The average Bonchev–Trinajstić information content (AvgIpc) is 2.58. The van der Waals surface area contributed by atoms with Gasteiger partial charge in [0, 0.05) is 17.3 Å². The Morgan fingerprint density at radius 1 is 1.08 bits per heavy atom. The molecule has 0 spiro atoms. The number of methoxy groups -OCH3 is 2. The number of nitrogens with zero attached hydrogens (tertiary/aromatic N) is 1. The molecule has 2 rings (SSSR count). The van der Waals surface area contributed by atoms with Crippen molar-refractivity contribution in [2.24, 2.45) is 0 Å². The zero-order chi connectivity index (χ0) is 18.4. The highest BCUT2D eigenvalue weighted by Gasteiger charge is 2.12. The van der Waals surface area contributed by atoms with Gasteiger partial charge >= 0.3 is 0 Å². The Hall–Kier alpha value is -3.26. The standard InChI is InChI=1S/C20H20N2O3/c1-13-7-14(2)9-17(8-13)22-20(23)16(12-21)10-15-5-6-18(24-3)11-19(15)25-4/h5-11H,1-4H3,(H,22,23)/b16-10+. The molecule has 1 N–H and O–H groups in total. The third-order valence-electron chi connectivity index (χ3n) is 3.59. The van der Waals surface area contributed by atoms with E-state index >= 15 is 0 Å². The van der Waals surface area contributed by atoms with Gasteiger partial charge in [-0.3, -0.25) is 4.79 Å². The monoisotopic (exact) mass is 336 g/mol. The number of rotatable bonds is 5. The minimum absolute atomic E-state index is 0.0115. The molecule has 0 atom stereocenters. The van der Waals surface area contributed by atoms with E-state index in [-0.39, 0.29) is 5.57 Å². The Labute approximate surface area is 147 Å². The van der Waals surface area contributed by atoms with Crippen molar-refractivity contribution in [3.8, 4) is 17.6 Å². The van der Waals surface area contributed by atoms with Crippen molar-refractivity contribution >= 4 is 17.7 Å². The van der Waals surface area contributed by atoms with E-state index in [1.165, 1.54) is 13.2 Å². The second-order valence-electron chi connectivity index (χ2n) is 5.61. The first-order chi connectivity index (χ1) is 12.0. The van der Waals surface area contributed by atoms with Crippen LogP contribution in [0.15, 0.2) is 42.0 Å². The van der Waals surface area contributed by atoms with Crippen LogP contribution in [-0.4, -0.2) is 20.1 Å². The van der Waals surface area contributed by atoms with Gasteiger partial charge < -0.3 is 14.8 Å². The van der Waals surface area contributed by atoms with Crippen LogP contribution < -0.4 is 14.8 Å². The number of amides is 1. The van der Waals surface area contributed by atoms with E-state index in [0.717, 1.165) is 11.1 Å². The van der Waals surface area contributed by atoms with Gasteiger partial charge in [0.15, 0.2) is 0 Å². The quantitative estimate of drug-likeness (QED) is 0.665. The summed E-state index contributed by atoms with van der Waals surface area (Å²) < 4.78 is 10.4. The molecule has 1 amide bonds. The van der Waals surface area contributed by atoms with E-state index in [1.54, 1.807) is 25.3 Å². The maximum Gasteiger partial charge on any atom is 0.266 e. The first kappa shape index (κ1) is 18.1. The van der Waals surface area contributed by atoms with Crippen molar-refractivity contribution in [3.63, 3.8) is 0 Å². The van der Waals surface area contributed by atoms with Crippen molar-refractivity contribution in [2.45, 2.75) is 13.8 Å². The Bertz CT molecular complexity index is 843. The van der Waals surface area contributed by atoms with Crippen LogP contribution in [0.5, 0.6) is 11.5 Å². The molecule has 2 aromatic carbocycles. The highest BCUT2D eigenvalue weighted by molar-refractivity contribution is 6.09. The normalized spacial score (nSPS) is 10.8. The van der Waals surface area contributed by atoms with Crippen LogP contribution in [0.1, 0.15) is 16.7 Å². The molecule has 0 fully saturated rings. The van der Waals surface area contributed by atoms with Crippen LogP contribution in [0.4, 0.5) is 5.69 Å². The number of carbonyl (C=O) groups is 1. The molecule has 25 heavy (non-hydrogen) atoms. The van der Waals surface area contributed by atoms with Crippen molar-refractivity contribution < 1.29 is 14.3 Å². The van der Waals surface area contributed by atoms with Crippen LogP contribution in [0.2, 0.25) is 0 Å². The van der Waals surface area contributed by atoms with Gasteiger partial charge in [-0.1, -0.05) is 6.07 Å². The third-order valence-corrected chi connectivity index (χ3v) is 3.59. The minimum atomic E-state index is -0.467. The number of benzene rings is 2. The first-order valence-electron chi connectivity index (χ1n) is 7.70. The molecule has 0 saturated heterocycles. The van der Waals surface area contributed by atoms with E-state index in [0.29, 0.717) is 22.7 Å². The summed E-state index contributed by atoms with van der Waals surface area (Å²) in [5.74, 6) is 0.684. The van der Waals surface area contributed by atoms with Crippen LogP contribution in [0.25, 0.3) is 6.08 Å². The number of aryl methyl sites for hydroxylation is 2. The second-order valence-corrected chi connectivity index (χ2v) is 5.61. The fourth-order valence-electron chi connectivity index (χ4n) is 2.49. The van der Waals surface area contributed by atoms with Crippen molar-refractivity contribution in [2.75, 3.05) is 19.5 Å². The summed E-state index contributed by atoms with van der Waals surface area (Å²) in [4.78, 5) is 12.4. The molecule has 0 bridgehead atoms. The largest absolute Gasteiger partial charge is 0.497 e. The fourth-order valence-corrected chi connectivity index (χ4v) is 2.49. The number of nitriles is 1. The summed E-state index contributed by atoms with van der Waals surface area (Å²) >= 11 is 0. The zero-order valence-electron chi connectivity index (χ0n) is 14.7. The van der Waals surface area contributed by atoms with Gasteiger partial charge in [0.25, 0.3) is 5.91 Å². The Balaban J connectivity index is 2.31. The molecule has 0 saturated carbocycles. The lowest BCUT2D eigenvalue weighted by Gasteiger charge is -2.09. The Kier molecular flexibility index (Phi) is 5.80. The van der Waals surface area contributed by atoms with E-state index in [4.69, 9.17) is 9.47 Å². The van der Waals surface area contributed by atoms with Crippen LogP contribution in [0, 0.1) is 25.2 Å². The summed E-state index contributed by atoms with van der Waals surface area (Å²) in [5, 5.41) is 12.1. The van der Waals surface area contributed by atoms with Crippen molar-refractivity contribution in [1.29, 1.82) is 5.26 Å². The van der Waals surface area contributed by atoms with E-state index in [9.17, 15) is 10.1 Å². The third kappa shape index (κ3) is 4.61. The smallest absolute Gasteiger partial charge is 0.266 e. The van der Waals surface area contributed by atoms with E-state index in [1.807, 2.05) is 38.1 Å². The van der Waals surface area contributed by atoms with Crippen LogP contribution in [-0.2, 0) is 4.79 Å². The topological polar surface area (TPSA) is 71.3 Å². The molecule has 0 radical (unpaired) electrons. The summed E-state index contributed by atoms with van der Waals surface area (Å²) in [6, 6.07) is 12.8. The summed E-state index contributed by atoms with van der Waals surface area (Å²) in [6.07, 6.45) is 1.50. The Morgan fingerprint density at radius 2 is 1.76 bits per heavy atom.